The molecule has 0 saturated heterocycles. The van der Waals surface area contributed by atoms with Crippen molar-refractivity contribution in [1.82, 2.24) is 4.90 Å². The molecule has 1 rings (SSSR count). The van der Waals surface area contributed by atoms with E-state index in [1.807, 2.05) is 0 Å². The van der Waals surface area contributed by atoms with Crippen molar-refractivity contribution in [2.75, 3.05) is 5.88 Å². The molecule has 96 valence electrons. The molecule has 3 nitrogen and oxygen atoms in total. The highest BCUT2D eigenvalue weighted by Gasteiger charge is 2.25. The average molecular weight is 307 g/mol. The molecule has 6 heteroatoms. The number of amides is 2. The fourth-order valence-electron chi connectivity index (χ4n) is 1.44. The summed E-state index contributed by atoms with van der Waals surface area (Å²) in [5.74, 6) is -1.42. The third-order valence-electron chi connectivity index (χ3n) is 2.13. The van der Waals surface area contributed by atoms with Gasteiger partial charge in [0, 0.05) is 12.5 Å². The summed E-state index contributed by atoms with van der Waals surface area (Å²) in [6, 6.07) is 8.67. The van der Waals surface area contributed by atoms with Crippen LogP contribution >= 0.6 is 34.8 Å². The second-order valence-corrected chi connectivity index (χ2v) is 4.57. The Bertz CT molecular complexity index is 481. The van der Waals surface area contributed by atoms with Gasteiger partial charge in [0.2, 0.25) is 11.8 Å². The van der Waals surface area contributed by atoms with E-state index in [0.29, 0.717) is 5.56 Å². The van der Waals surface area contributed by atoms with Gasteiger partial charge in [-0.2, -0.15) is 0 Å². The van der Waals surface area contributed by atoms with Crippen molar-refractivity contribution in [3.05, 3.63) is 40.4 Å². The number of carbonyl (C=O) groups is 2. The van der Waals surface area contributed by atoms with Crippen molar-refractivity contribution in [3.63, 3.8) is 0 Å². The number of carbonyl (C=O) groups excluding carboxylic acids is 2. The smallest absolute Gasteiger partial charge is 0.248 e. The Morgan fingerprint density at radius 3 is 2.11 bits per heavy atom. The van der Waals surface area contributed by atoms with E-state index in [2.05, 4.69) is 0 Å². The molecule has 0 aliphatic heterocycles. The monoisotopic (exact) mass is 305 g/mol. The van der Waals surface area contributed by atoms with Crippen LogP contribution in [0.2, 0.25) is 0 Å². The minimum atomic E-state index is -0.582. The standard InChI is InChI=1S/C12H10Cl3NO2/c1-8(17)16(10(18)7-13)11(12(14)15)9-5-3-2-4-6-9/h2-6H,7H2,1H3. The Morgan fingerprint density at radius 1 is 1.17 bits per heavy atom. The fraction of sp³-hybridized carbons (Fsp3) is 0.167. The van der Waals surface area contributed by atoms with Crippen LogP contribution in [0.1, 0.15) is 12.5 Å². The van der Waals surface area contributed by atoms with Crippen LogP contribution in [0.5, 0.6) is 0 Å². The molecule has 0 bridgehead atoms. The lowest BCUT2D eigenvalue weighted by molar-refractivity contribution is -0.137. The molecule has 0 aliphatic carbocycles. The van der Waals surface area contributed by atoms with Gasteiger partial charge in [0.25, 0.3) is 0 Å². The summed E-state index contributed by atoms with van der Waals surface area (Å²) in [5.41, 5.74) is 0.697. The summed E-state index contributed by atoms with van der Waals surface area (Å²) in [7, 11) is 0. The molecule has 0 radical (unpaired) electrons. The first-order valence-corrected chi connectivity index (χ1v) is 6.28. The van der Waals surface area contributed by atoms with Crippen LogP contribution in [0.15, 0.2) is 34.8 Å². The molecule has 1 aromatic carbocycles. The van der Waals surface area contributed by atoms with Crippen LogP contribution < -0.4 is 0 Å². The second-order valence-electron chi connectivity index (χ2n) is 3.36. The number of halogens is 3. The topological polar surface area (TPSA) is 37.4 Å². The van der Waals surface area contributed by atoms with Gasteiger partial charge >= 0.3 is 0 Å². The van der Waals surface area contributed by atoms with Gasteiger partial charge in [0.05, 0.1) is 5.70 Å². The van der Waals surface area contributed by atoms with Crippen molar-refractivity contribution >= 4 is 52.3 Å². The van der Waals surface area contributed by atoms with Crippen LogP contribution in [0.4, 0.5) is 0 Å². The molecule has 0 aliphatic rings. The number of benzene rings is 1. The van der Waals surface area contributed by atoms with Crippen LogP contribution in [0.25, 0.3) is 5.70 Å². The van der Waals surface area contributed by atoms with Gasteiger partial charge in [-0.3, -0.25) is 9.59 Å². The first-order chi connectivity index (χ1) is 8.49. The number of nitrogens with zero attached hydrogens (tertiary/aromatic N) is 1. The highest BCUT2D eigenvalue weighted by molar-refractivity contribution is 6.58. The first kappa shape index (κ1) is 15.0. The Hall–Kier alpha value is -1.03. The van der Waals surface area contributed by atoms with Gasteiger partial charge in [-0.15, -0.1) is 11.6 Å². The third-order valence-corrected chi connectivity index (χ3v) is 2.72. The van der Waals surface area contributed by atoms with Crippen LogP contribution in [0, 0.1) is 0 Å². The van der Waals surface area contributed by atoms with Crippen LogP contribution in [0.3, 0.4) is 0 Å². The zero-order valence-electron chi connectivity index (χ0n) is 9.49. The van der Waals surface area contributed by atoms with E-state index in [1.165, 1.54) is 6.92 Å². The van der Waals surface area contributed by atoms with Gasteiger partial charge < -0.3 is 0 Å². The fourth-order valence-corrected chi connectivity index (χ4v) is 1.94. The highest BCUT2D eigenvalue weighted by atomic mass is 35.5. The molecule has 2 amide bonds. The number of hydrogen-bond acceptors (Lipinski definition) is 2. The predicted molar refractivity (Wildman–Crippen MR) is 73.3 cm³/mol. The van der Waals surface area contributed by atoms with E-state index in [-0.39, 0.29) is 16.1 Å². The predicted octanol–water partition coefficient (Wildman–Crippen LogP) is 3.40. The maximum Gasteiger partial charge on any atom is 0.248 e. The van der Waals surface area contributed by atoms with Crippen molar-refractivity contribution in [2.24, 2.45) is 0 Å². The number of imide groups is 1. The second kappa shape index (κ2) is 6.78. The van der Waals surface area contributed by atoms with Crippen molar-refractivity contribution in [1.29, 1.82) is 0 Å². The minimum absolute atomic E-state index is 0.136. The third kappa shape index (κ3) is 3.48. The first-order valence-electron chi connectivity index (χ1n) is 4.99. The van der Waals surface area contributed by atoms with E-state index in [9.17, 15) is 9.59 Å². The molecule has 1 aromatic rings. The molecule has 0 atom stereocenters. The Morgan fingerprint density at radius 2 is 1.72 bits per heavy atom. The minimum Gasteiger partial charge on any atom is -0.274 e. The summed E-state index contributed by atoms with van der Waals surface area (Å²) >= 11 is 17.0. The summed E-state index contributed by atoms with van der Waals surface area (Å²) in [6.45, 7) is 1.24. The van der Waals surface area contributed by atoms with E-state index < -0.39 is 11.8 Å². The number of alkyl halides is 1. The number of rotatable bonds is 3. The van der Waals surface area contributed by atoms with Gasteiger partial charge in [-0.25, -0.2) is 4.90 Å². The lowest BCUT2D eigenvalue weighted by Crippen LogP contribution is -2.34. The molecule has 18 heavy (non-hydrogen) atoms. The van der Waals surface area contributed by atoms with E-state index in [0.717, 1.165) is 4.90 Å². The molecule has 0 heterocycles. The summed E-state index contributed by atoms with van der Waals surface area (Å²) in [5, 5.41) is 0. The quantitative estimate of drug-likeness (QED) is 0.803. The van der Waals surface area contributed by atoms with E-state index in [1.54, 1.807) is 30.3 Å². The zero-order valence-corrected chi connectivity index (χ0v) is 11.8. The Labute approximate surface area is 120 Å². The number of hydrogen-bond donors (Lipinski definition) is 0. The molecule has 0 fully saturated rings. The van der Waals surface area contributed by atoms with Crippen molar-refractivity contribution in [2.45, 2.75) is 6.92 Å². The maximum absolute atomic E-state index is 11.7. The van der Waals surface area contributed by atoms with Gasteiger partial charge in [-0.05, 0) is 0 Å². The van der Waals surface area contributed by atoms with Gasteiger partial charge in [-0.1, -0.05) is 53.5 Å². The zero-order chi connectivity index (χ0) is 13.7. The SMILES string of the molecule is CC(=O)N(C(=O)CCl)C(=C(Cl)Cl)c1ccccc1. The van der Waals surface area contributed by atoms with Crippen LogP contribution in [-0.2, 0) is 9.59 Å². The largest absolute Gasteiger partial charge is 0.274 e. The van der Waals surface area contributed by atoms with Crippen molar-refractivity contribution < 1.29 is 9.59 Å². The lowest BCUT2D eigenvalue weighted by atomic mass is 10.1. The molecule has 0 saturated carbocycles. The Kier molecular flexibility index (Phi) is 5.66. The molecule has 0 N–H and O–H groups in total. The van der Waals surface area contributed by atoms with E-state index in [4.69, 9.17) is 34.8 Å². The summed E-state index contributed by atoms with van der Waals surface area (Å²) in [4.78, 5) is 24.1. The van der Waals surface area contributed by atoms with E-state index >= 15 is 0 Å². The highest BCUT2D eigenvalue weighted by Crippen LogP contribution is 2.28. The summed E-state index contributed by atoms with van der Waals surface area (Å²) < 4.78 is -0.171. The molecule has 0 spiro atoms. The van der Waals surface area contributed by atoms with Gasteiger partial charge in [0.15, 0.2) is 0 Å². The molecular weight excluding hydrogens is 296 g/mol. The molecular formula is C12H10Cl3NO2. The van der Waals surface area contributed by atoms with Gasteiger partial charge in [0.1, 0.15) is 10.4 Å². The Balaban J connectivity index is 3.33. The average Bonchev–Trinajstić information content (AvgIpc) is 2.35. The normalized spacial score (nSPS) is 9.78. The van der Waals surface area contributed by atoms with Crippen molar-refractivity contribution in [3.8, 4) is 0 Å². The summed E-state index contributed by atoms with van der Waals surface area (Å²) in [6.07, 6.45) is 0. The lowest BCUT2D eigenvalue weighted by Gasteiger charge is -2.21. The van der Waals surface area contributed by atoms with Crippen LogP contribution in [-0.4, -0.2) is 22.6 Å². The maximum atomic E-state index is 11.7. The molecule has 0 aromatic heterocycles. The molecule has 0 unspecified atom stereocenters.